The SMILES string of the molecule is CC(NC1CC1)C(=O)NC1CC1. The maximum Gasteiger partial charge on any atom is 0.237 e. The van der Waals surface area contributed by atoms with Gasteiger partial charge < -0.3 is 10.6 Å². The van der Waals surface area contributed by atoms with Crippen molar-refractivity contribution >= 4 is 5.91 Å². The highest BCUT2D eigenvalue weighted by molar-refractivity contribution is 5.81. The molecule has 2 aliphatic rings. The van der Waals surface area contributed by atoms with Crippen LogP contribution in [0.25, 0.3) is 0 Å². The molecule has 3 heteroatoms. The number of hydrogen-bond acceptors (Lipinski definition) is 2. The smallest absolute Gasteiger partial charge is 0.237 e. The summed E-state index contributed by atoms with van der Waals surface area (Å²) in [6.07, 6.45) is 4.81. The van der Waals surface area contributed by atoms with E-state index in [1.54, 1.807) is 0 Å². The molecule has 0 bridgehead atoms. The van der Waals surface area contributed by atoms with Gasteiger partial charge >= 0.3 is 0 Å². The van der Waals surface area contributed by atoms with Crippen LogP contribution in [0.1, 0.15) is 32.6 Å². The minimum absolute atomic E-state index is 0.00176. The minimum Gasteiger partial charge on any atom is -0.352 e. The second-order valence-electron chi connectivity index (χ2n) is 3.95. The van der Waals surface area contributed by atoms with Gasteiger partial charge in [0.1, 0.15) is 0 Å². The van der Waals surface area contributed by atoms with Crippen LogP contribution < -0.4 is 10.6 Å². The number of carbonyl (C=O) groups is 1. The average Bonchev–Trinajstić information content (AvgIpc) is 2.79. The molecule has 1 amide bonds. The Bertz CT molecular complexity index is 185. The van der Waals surface area contributed by atoms with Gasteiger partial charge in [-0.15, -0.1) is 0 Å². The lowest BCUT2D eigenvalue weighted by Gasteiger charge is -2.12. The summed E-state index contributed by atoms with van der Waals surface area (Å²) < 4.78 is 0. The van der Waals surface area contributed by atoms with Crippen molar-refractivity contribution in [2.24, 2.45) is 0 Å². The Morgan fingerprint density at radius 1 is 1.25 bits per heavy atom. The molecule has 12 heavy (non-hydrogen) atoms. The van der Waals surface area contributed by atoms with Crippen LogP contribution >= 0.6 is 0 Å². The molecule has 1 unspecified atom stereocenters. The highest BCUT2D eigenvalue weighted by Gasteiger charge is 2.29. The minimum atomic E-state index is -0.00176. The van der Waals surface area contributed by atoms with Crippen LogP contribution in [-0.2, 0) is 4.79 Å². The average molecular weight is 168 g/mol. The molecule has 2 saturated carbocycles. The molecule has 0 aliphatic heterocycles. The number of carbonyl (C=O) groups excluding carboxylic acids is 1. The lowest BCUT2D eigenvalue weighted by molar-refractivity contribution is -0.122. The monoisotopic (exact) mass is 168 g/mol. The van der Waals surface area contributed by atoms with Gasteiger partial charge in [0.2, 0.25) is 5.91 Å². The van der Waals surface area contributed by atoms with Crippen molar-refractivity contribution in [3.8, 4) is 0 Å². The highest BCUT2D eigenvalue weighted by atomic mass is 16.2. The van der Waals surface area contributed by atoms with Gasteiger partial charge in [-0.1, -0.05) is 0 Å². The molecule has 68 valence electrons. The molecule has 2 aliphatic carbocycles. The normalized spacial score (nSPS) is 25.1. The fourth-order valence-electron chi connectivity index (χ4n) is 1.23. The van der Waals surface area contributed by atoms with Crippen LogP contribution in [0.4, 0.5) is 0 Å². The zero-order valence-corrected chi connectivity index (χ0v) is 7.47. The molecule has 0 heterocycles. The van der Waals surface area contributed by atoms with Gasteiger partial charge in [0.15, 0.2) is 0 Å². The van der Waals surface area contributed by atoms with E-state index < -0.39 is 0 Å². The predicted octanol–water partition coefficient (Wildman–Crippen LogP) is 0.405. The Kier molecular flexibility index (Phi) is 2.05. The van der Waals surface area contributed by atoms with Gasteiger partial charge in [0.05, 0.1) is 6.04 Å². The largest absolute Gasteiger partial charge is 0.352 e. The first-order chi connectivity index (χ1) is 5.75. The van der Waals surface area contributed by atoms with Crippen molar-refractivity contribution in [1.82, 2.24) is 10.6 Å². The van der Waals surface area contributed by atoms with Crippen molar-refractivity contribution in [2.45, 2.75) is 50.7 Å². The number of rotatable bonds is 4. The summed E-state index contributed by atoms with van der Waals surface area (Å²) in [5, 5.41) is 6.26. The summed E-state index contributed by atoms with van der Waals surface area (Å²) in [4.78, 5) is 11.4. The molecule has 3 nitrogen and oxygen atoms in total. The van der Waals surface area contributed by atoms with Gasteiger partial charge in [-0.05, 0) is 32.6 Å². The van der Waals surface area contributed by atoms with Gasteiger partial charge in [0, 0.05) is 12.1 Å². The van der Waals surface area contributed by atoms with Gasteiger partial charge in [-0.2, -0.15) is 0 Å². The summed E-state index contributed by atoms with van der Waals surface area (Å²) in [6.45, 7) is 1.94. The summed E-state index contributed by atoms with van der Waals surface area (Å²) in [5.41, 5.74) is 0. The van der Waals surface area contributed by atoms with E-state index >= 15 is 0 Å². The second kappa shape index (κ2) is 3.05. The van der Waals surface area contributed by atoms with Crippen molar-refractivity contribution in [3.05, 3.63) is 0 Å². The van der Waals surface area contributed by atoms with Crippen LogP contribution in [0.5, 0.6) is 0 Å². The van der Waals surface area contributed by atoms with Crippen molar-refractivity contribution in [2.75, 3.05) is 0 Å². The summed E-state index contributed by atoms with van der Waals surface area (Å²) >= 11 is 0. The van der Waals surface area contributed by atoms with E-state index in [4.69, 9.17) is 0 Å². The Hall–Kier alpha value is -0.570. The molecule has 2 fully saturated rings. The first-order valence-corrected chi connectivity index (χ1v) is 4.82. The topological polar surface area (TPSA) is 41.1 Å². The van der Waals surface area contributed by atoms with Crippen molar-refractivity contribution < 1.29 is 4.79 Å². The molecule has 0 aromatic carbocycles. The van der Waals surface area contributed by atoms with E-state index in [1.807, 2.05) is 6.92 Å². The lowest BCUT2D eigenvalue weighted by Crippen LogP contribution is -2.43. The molecular weight excluding hydrogens is 152 g/mol. The third-order valence-electron chi connectivity index (χ3n) is 2.38. The Balaban J connectivity index is 1.68. The molecule has 2 N–H and O–H groups in total. The zero-order valence-electron chi connectivity index (χ0n) is 7.47. The Labute approximate surface area is 72.9 Å². The molecule has 0 saturated heterocycles. The maximum absolute atomic E-state index is 11.4. The van der Waals surface area contributed by atoms with E-state index in [2.05, 4.69) is 10.6 Å². The van der Waals surface area contributed by atoms with Crippen LogP contribution in [0.2, 0.25) is 0 Å². The second-order valence-corrected chi connectivity index (χ2v) is 3.95. The van der Waals surface area contributed by atoms with E-state index in [0.29, 0.717) is 12.1 Å². The summed E-state index contributed by atoms with van der Waals surface area (Å²) in [5.74, 6) is 0.171. The van der Waals surface area contributed by atoms with Gasteiger partial charge in [-0.25, -0.2) is 0 Å². The predicted molar refractivity (Wildman–Crippen MR) is 46.8 cm³/mol. The highest BCUT2D eigenvalue weighted by Crippen LogP contribution is 2.20. The van der Waals surface area contributed by atoms with Crippen LogP contribution in [-0.4, -0.2) is 24.0 Å². The summed E-state index contributed by atoms with van der Waals surface area (Å²) in [7, 11) is 0. The van der Waals surface area contributed by atoms with E-state index in [-0.39, 0.29) is 11.9 Å². The number of nitrogens with one attached hydrogen (secondary N) is 2. The van der Waals surface area contributed by atoms with Crippen molar-refractivity contribution in [1.29, 1.82) is 0 Å². The zero-order chi connectivity index (χ0) is 8.55. The van der Waals surface area contributed by atoms with E-state index in [1.165, 1.54) is 25.7 Å². The molecule has 2 rings (SSSR count). The van der Waals surface area contributed by atoms with E-state index in [9.17, 15) is 4.79 Å². The number of hydrogen-bond donors (Lipinski definition) is 2. The molecule has 0 spiro atoms. The number of amides is 1. The van der Waals surface area contributed by atoms with Crippen LogP contribution in [0.15, 0.2) is 0 Å². The standard InChI is InChI=1S/C9H16N2O/c1-6(10-7-2-3-7)9(12)11-8-4-5-8/h6-8,10H,2-5H2,1H3,(H,11,12). The van der Waals surface area contributed by atoms with E-state index in [0.717, 1.165) is 0 Å². The first kappa shape index (κ1) is 8.05. The fourth-order valence-corrected chi connectivity index (χ4v) is 1.23. The third-order valence-corrected chi connectivity index (χ3v) is 2.38. The maximum atomic E-state index is 11.4. The van der Waals surface area contributed by atoms with Gasteiger partial charge in [-0.3, -0.25) is 4.79 Å². The molecule has 0 aromatic heterocycles. The fraction of sp³-hybridized carbons (Fsp3) is 0.889. The summed E-state index contributed by atoms with van der Waals surface area (Å²) in [6, 6.07) is 1.10. The molecule has 0 aromatic rings. The Morgan fingerprint density at radius 2 is 1.83 bits per heavy atom. The quantitative estimate of drug-likeness (QED) is 0.638. The Morgan fingerprint density at radius 3 is 2.33 bits per heavy atom. The third kappa shape index (κ3) is 2.21. The first-order valence-electron chi connectivity index (χ1n) is 4.82. The van der Waals surface area contributed by atoms with Crippen LogP contribution in [0.3, 0.4) is 0 Å². The van der Waals surface area contributed by atoms with Crippen molar-refractivity contribution in [3.63, 3.8) is 0 Å². The lowest BCUT2D eigenvalue weighted by atomic mass is 10.3. The molecular formula is C9H16N2O. The van der Waals surface area contributed by atoms with Crippen LogP contribution in [0, 0.1) is 0 Å². The van der Waals surface area contributed by atoms with Gasteiger partial charge in [0.25, 0.3) is 0 Å². The molecule has 0 radical (unpaired) electrons. The molecule has 1 atom stereocenters.